The van der Waals surface area contributed by atoms with Crippen molar-refractivity contribution in [3.8, 4) is 11.5 Å². The van der Waals surface area contributed by atoms with Crippen molar-refractivity contribution in [1.82, 2.24) is 10.3 Å². The number of hydrogen-bond donors (Lipinski definition) is 1. The number of unbranched alkanes of at least 4 members (excludes halogenated alkanes) is 2. The van der Waals surface area contributed by atoms with Crippen molar-refractivity contribution in [2.75, 3.05) is 6.54 Å². The zero-order valence-corrected chi connectivity index (χ0v) is 14.1. The van der Waals surface area contributed by atoms with Crippen molar-refractivity contribution in [3.05, 3.63) is 53.8 Å². The van der Waals surface area contributed by atoms with Crippen molar-refractivity contribution in [3.63, 3.8) is 0 Å². The summed E-state index contributed by atoms with van der Waals surface area (Å²) in [5, 5.41) is 3.89. The smallest absolute Gasteiger partial charge is 0.252 e. The Hall–Kier alpha value is -2.62. The number of benzene rings is 1. The number of nitrogens with zero attached hydrogens (tertiary/aromatic N) is 1. The summed E-state index contributed by atoms with van der Waals surface area (Å²) in [6, 6.07) is 11.5. The molecule has 1 N–H and O–H groups in total. The molecule has 0 spiro atoms. The van der Waals surface area contributed by atoms with E-state index >= 15 is 0 Å². The van der Waals surface area contributed by atoms with Crippen LogP contribution in [0.1, 0.15) is 42.1 Å². The van der Waals surface area contributed by atoms with E-state index < -0.39 is 0 Å². The average molecular weight is 322 g/mol. The third kappa shape index (κ3) is 3.48. The average Bonchev–Trinajstić information content (AvgIpc) is 3.12. The van der Waals surface area contributed by atoms with E-state index in [1.807, 2.05) is 43.3 Å². The Kier molecular flexibility index (Phi) is 4.94. The molecule has 0 aliphatic rings. The first-order valence-electron chi connectivity index (χ1n) is 8.42. The van der Waals surface area contributed by atoms with Crippen LogP contribution in [0.5, 0.6) is 0 Å². The van der Waals surface area contributed by atoms with Crippen LogP contribution >= 0.6 is 0 Å². The molecular weight excluding hydrogens is 300 g/mol. The van der Waals surface area contributed by atoms with E-state index in [9.17, 15) is 4.79 Å². The van der Waals surface area contributed by atoms with E-state index in [-0.39, 0.29) is 5.91 Å². The molecule has 124 valence electrons. The number of amides is 1. The van der Waals surface area contributed by atoms with Crippen LogP contribution in [0, 0.1) is 6.92 Å². The van der Waals surface area contributed by atoms with Crippen LogP contribution < -0.4 is 5.32 Å². The van der Waals surface area contributed by atoms with Crippen LogP contribution in [-0.2, 0) is 0 Å². The highest BCUT2D eigenvalue weighted by Crippen LogP contribution is 2.26. The maximum Gasteiger partial charge on any atom is 0.252 e. The van der Waals surface area contributed by atoms with Gasteiger partial charge in [0.1, 0.15) is 5.69 Å². The van der Waals surface area contributed by atoms with Crippen molar-refractivity contribution in [2.24, 2.45) is 0 Å². The molecule has 0 saturated carbocycles. The SMILES string of the molecule is CCCCCNC(=O)c1cc(-c2ccco2)nc2ccc(C)cc12. The molecule has 3 aromatic rings. The maximum atomic E-state index is 12.7. The van der Waals surface area contributed by atoms with E-state index in [4.69, 9.17) is 4.42 Å². The molecular formula is C20H22N2O2. The van der Waals surface area contributed by atoms with Crippen molar-refractivity contribution < 1.29 is 9.21 Å². The van der Waals surface area contributed by atoms with Crippen LogP contribution in [-0.4, -0.2) is 17.4 Å². The van der Waals surface area contributed by atoms with E-state index in [2.05, 4.69) is 17.2 Å². The number of carbonyl (C=O) groups is 1. The highest BCUT2D eigenvalue weighted by atomic mass is 16.3. The second kappa shape index (κ2) is 7.30. The summed E-state index contributed by atoms with van der Waals surface area (Å²) in [7, 11) is 0. The van der Waals surface area contributed by atoms with Gasteiger partial charge in [-0.3, -0.25) is 4.79 Å². The molecule has 4 heteroatoms. The quantitative estimate of drug-likeness (QED) is 0.668. The largest absolute Gasteiger partial charge is 0.463 e. The van der Waals surface area contributed by atoms with Gasteiger partial charge >= 0.3 is 0 Å². The number of aryl methyl sites for hydroxylation is 1. The Balaban J connectivity index is 2.00. The van der Waals surface area contributed by atoms with Crippen LogP contribution in [0.2, 0.25) is 0 Å². The summed E-state index contributed by atoms with van der Waals surface area (Å²) in [6.45, 7) is 4.86. The molecule has 0 bridgehead atoms. The van der Waals surface area contributed by atoms with Crippen molar-refractivity contribution >= 4 is 16.8 Å². The van der Waals surface area contributed by atoms with Gasteiger partial charge in [0, 0.05) is 11.9 Å². The van der Waals surface area contributed by atoms with Gasteiger partial charge in [0.2, 0.25) is 0 Å². The first-order valence-corrected chi connectivity index (χ1v) is 8.42. The number of carbonyl (C=O) groups excluding carboxylic acids is 1. The lowest BCUT2D eigenvalue weighted by molar-refractivity contribution is 0.0954. The Morgan fingerprint density at radius 1 is 1.21 bits per heavy atom. The third-order valence-electron chi connectivity index (χ3n) is 4.05. The van der Waals surface area contributed by atoms with Crippen LogP contribution in [0.4, 0.5) is 0 Å². The Morgan fingerprint density at radius 2 is 2.08 bits per heavy atom. The van der Waals surface area contributed by atoms with Gasteiger partial charge in [0.15, 0.2) is 5.76 Å². The number of rotatable bonds is 6. The molecule has 0 aliphatic carbocycles. The Bertz CT molecular complexity index is 838. The molecule has 4 nitrogen and oxygen atoms in total. The summed E-state index contributed by atoms with van der Waals surface area (Å²) in [6.07, 6.45) is 4.86. The Labute approximate surface area is 141 Å². The fraction of sp³-hybridized carbons (Fsp3) is 0.300. The molecule has 3 rings (SSSR count). The van der Waals surface area contributed by atoms with E-state index in [1.165, 1.54) is 0 Å². The predicted molar refractivity (Wildman–Crippen MR) is 96.0 cm³/mol. The molecule has 0 radical (unpaired) electrons. The predicted octanol–water partition coefficient (Wildman–Crippen LogP) is 4.72. The number of nitrogens with one attached hydrogen (secondary N) is 1. The molecule has 1 amide bonds. The molecule has 0 aliphatic heterocycles. The minimum Gasteiger partial charge on any atom is -0.463 e. The summed E-state index contributed by atoms with van der Waals surface area (Å²) < 4.78 is 5.45. The fourth-order valence-corrected chi connectivity index (χ4v) is 2.75. The zero-order valence-electron chi connectivity index (χ0n) is 14.1. The highest BCUT2D eigenvalue weighted by molar-refractivity contribution is 6.07. The van der Waals surface area contributed by atoms with Crippen molar-refractivity contribution in [2.45, 2.75) is 33.1 Å². The minimum atomic E-state index is -0.0584. The van der Waals surface area contributed by atoms with E-state index in [0.717, 1.165) is 35.7 Å². The number of furan rings is 1. The minimum absolute atomic E-state index is 0.0584. The van der Waals surface area contributed by atoms with Crippen LogP contribution in [0.3, 0.4) is 0 Å². The third-order valence-corrected chi connectivity index (χ3v) is 4.05. The zero-order chi connectivity index (χ0) is 16.9. The second-order valence-electron chi connectivity index (χ2n) is 6.02. The van der Waals surface area contributed by atoms with Gasteiger partial charge < -0.3 is 9.73 Å². The maximum absolute atomic E-state index is 12.7. The molecule has 2 aromatic heterocycles. The van der Waals surface area contributed by atoms with Gasteiger partial charge in [-0.1, -0.05) is 31.4 Å². The van der Waals surface area contributed by atoms with Gasteiger partial charge in [0.05, 0.1) is 17.3 Å². The number of pyridine rings is 1. The molecule has 0 atom stereocenters. The van der Waals surface area contributed by atoms with Crippen LogP contribution in [0.25, 0.3) is 22.4 Å². The lowest BCUT2D eigenvalue weighted by Gasteiger charge is -2.10. The first kappa shape index (κ1) is 16.2. The summed E-state index contributed by atoms with van der Waals surface area (Å²) in [5.74, 6) is 0.606. The molecule has 0 unspecified atom stereocenters. The topological polar surface area (TPSA) is 55.1 Å². The number of fused-ring (bicyclic) bond motifs is 1. The van der Waals surface area contributed by atoms with E-state index in [0.29, 0.717) is 23.6 Å². The van der Waals surface area contributed by atoms with Gasteiger partial charge in [-0.15, -0.1) is 0 Å². The standard InChI is InChI=1S/C20H22N2O2/c1-3-4-5-10-21-20(23)16-13-18(19-7-6-11-24-19)22-17-9-8-14(2)12-15(16)17/h6-9,11-13H,3-5,10H2,1-2H3,(H,21,23). The van der Waals surface area contributed by atoms with E-state index in [1.54, 1.807) is 6.26 Å². The Morgan fingerprint density at radius 3 is 2.83 bits per heavy atom. The molecule has 24 heavy (non-hydrogen) atoms. The van der Waals surface area contributed by atoms with Gasteiger partial charge in [0.25, 0.3) is 5.91 Å². The number of hydrogen-bond acceptors (Lipinski definition) is 3. The van der Waals surface area contributed by atoms with Gasteiger partial charge in [-0.2, -0.15) is 0 Å². The first-order chi connectivity index (χ1) is 11.7. The lowest BCUT2D eigenvalue weighted by Crippen LogP contribution is -2.24. The second-order valence-corrected chi connectivity index (χ2v) is 6.02. The molecule has 1 aromatic carbocycles. The molecule has 2 heterocycles. The molecule has 0 saturated heterocycles. The van der Waals surface area contributed by atoms with Crippen LogP contribution in [0.15, 0.2) is 47.1 Å². The molecule has 0 fully saturated rings. The fourth-order valence-electron chi connectivity index (χ4n) is 2.75. The summed E-state index contributed by atoms with van der Waals surface area (Å²) >= 11 is 0. The highest BCUT2D eigenvalue weighted by Gasteiger charge is 2.15. The van der Waals surface area contributed by atoms with Gasteiger partial charge in [-0.05, 0) is 43.7 Å². The lowest BCUT2D eigenvalue weighted by atomic mass is 10.0. The number of aromatic nitrogens is 1. The van der Waals surface area contributed by atoms with Gasteiger partial charge in [-0.25, -0.2) is 4.98 Å². The van der Waals surface area contributed by atoms with Crippen molar-refractivity contribution in [1.29, 1.82) is 0 Å². The summed E-state index contributed by atoms with van der Waals surface area (Å²) in [4.78, 5) is 17.3. The normalized spacial score (nSPS) is 10.9. The summed E-state index contributed by atoms with van der Waals surface area (Å²) in [5.41, 5.74) is 3.23. The monoisotopic (exact) mass is 322 g/mol.